The zero-order valence-electron chi connectivity index (χ0n) is 20.1. The van der Waals surface area contributed by atoms with Gasteiger partial charge < -0.3 is 10.1 Å². The number of carbonyl (C=O) groups is 3. The number of carbonyl (C=O) groups excluding carboxylic acids is 3. The molecule has 0 fully saturated rings. The molecule has 0 bridgehead atoms. The van der Waals surface area contributed by atoms with Crippen LogP contribution in [-0.2, 0) is 14.3 Å². The van der Waals surface area contributed by atoms with Crippen LogP contribution in [0.25, 0.3) is 0 Å². The molecule has 2 rings (SSSR count). The fourth-order valence-electron chi connectivity index (χ4n) is 3.64. The van der Waals surface area contributed by atoms with Crippen LogP contribution in [0.3, 0.4) is 0 Å². The molecule has 0 aromatic heterocycles. The Balaban J connectivity index is 1.72. The zero-order valence-corrected chi connectivity index (χ0v) is 20.9. The first kappa shape index (κ1) is 26.4. The van der Waals surface area contributed by atoms with Crippen molar-refractivity contribution in [3.8, 4) is 0 Å². The van der Waals surface area contributed by atoms with Crippen molar-refractivity contribution in [1.82, 2.24) is 0 Å². The molecule has 5 nitrogen and oxygen atoms in total. The summed E-state index contributed by atoms with van der Waals surface area (Å²) in [5.41, 5.74) is 0.383. The van der Waals surface area contributed by atoms with Gasteiger partial charge in [0.15, 0.2) is 5.78 Å². The Morgan fingerprint density at radius 3 is 2.16 bits per heavy atom. The Bertz CT molecular complexity index is 785. The highest BCUT2D eigenvalue weighted by molar-refractivity contribution is 8.01. The Hall–Kier alpha value is -1.82. The van der Waals surface area contributed by atoms with E-state index in [0.717, 1.165) is 17.7 Å². The summed E-state index contributed by atoms with van der Waals surface area (Å²) in [4.78, 5) is 38.2. The minimum absolute atomic E-state index is 0.106. The summed E-state index contributed by atoms with van der Waals surface area (Å²) in [6.07, 6.45) is 12.3. The quantitative estimate of drug-likeness (QED) is 0.199. The van der Waals surface area contributed by atoms with Gasteiger partial charge >= 0.3 is 5.97 Å². The van der Waals surface area contributed by atoms with Crippen molar-refractivity contribution >= 4 is 35.1 Å². The minimum atomic E-state index is -0.767. The molecule has 178 valence electrons. The van der Waals surface area contributed by atoms with Gasteiger partial charge in [-0.3, -0.25) is 9.59 Å². The lowest BCUT2D eigenvalue weighted by atomic mass is 9.88. The number of esters is 1. The summed E-state index contributed by atoms with van der Waals surface area (Å²) in [6, 6.07) is 5.11. The number of unbranched alkanes of at least 4 members (excludes halogenated alkanes) is 9. The van der Waals surface area contributed by atoms with Crippen LogP contribution in [-0.4, -0.2) is 29.5 Å². The van der Waals surface area contributed by atoms with E-state index in [1.54, 1.807) is 18.2 Å². The third-order valence-electron chi connectivity index (χ3n) is 5.66. The van der Waals surface area contributed by atoms with E-state index in [1.807, 2.05) is 20.8 Å². The number of ether oxygens (including phenoxy) is 1. The summed E-state index contributed by atoms with van der Waals surface area (Å²) in [5, 5.41) is 2.01. The lowest BCUT2D eigenvalue weighted by Gasteiger charge is -2.28. The Morgan fingerprint density at radius 2 is 1.56 bits per heavy atom. The van der Waals surface area contributed by atoms with Gasteiger partial charge in [-0.1, -0.05) is 85.5 Å². The topological polar surface area (TPSA) is 72.5 Å². The van der Waals surface area contributed by atoms with Gasteiger partial charge in [-0.05, 0) is 24.6 Å². The van der Waals surface area contributed by atoms with E-state index in [2.05, 4.69) is 12.2 Å². The van der Waals surface area contributed by atoms with Gasteiger partial charge in [-0.25, -0.2) is 4.79 Å². The predicted molar refractivity (Wildman–Crippen MR) is 131 cm³/mol. The molecule has 1 unspecified atom stereocenters. The van der Waals surface area contributed by atoms with Gasteiger partial charge in [0.1, 0.15) is 5.25 Å². The second-order valence-electron chi connectivity index (χ2n) is 9.63. The van der Waals surface area contributed by atoms with Crippen LogP contribution in [0.4, 0.5) is 5.69 Å². The SMILES string of the molecule is CCCCCCCCCCCCOC(=O)c1ccc2c(c1)NC(=O)C(C(=O)C(C)(C)C)S2. The number of hydrogen-bond donors (Lipinski definition) is 1. The van der Waals surface area contributed by atoms with Crippen molar-refractivity contribution < 1.29 is 19.1 Å². The number of thioether (sulfide) groups is 1. The monoisotopic (exact) mass is 461 g/mol. The van der Waals surface area contributed by atoms with E-state index < -0.39 is 10.7 Å². The van der Waals surface area contributed by atoms with Crippen molar-refractivity contribution in [2.24, 2.45) is 5.41 Å². The van der Waals surface area contributed by atoms with Crippen molar-refractivity contribution in [3.63, 3.8) is 0 Å². The Morgan fingerprint density at radius 1 is 0.969 bits per heavy atom. The highest BCUT2D eigenvalue weighted by atomic mass is 32.2. The first-order valence-electron chi connectivity index (χ1n) is 12.1. The molecular formula is C26H39NO4S. The number of anilines is 1. The summed E-state index contributed by atoms with van der Waals surface area (Å²) >= 11 is 1.24. The predicted octanol–water partition coefficient (Wildman–Crippen LogP) is 6.79. The van der Waals surface area contributed by atoms with Crippen molar-refractivity contribution in [1.29, 1.82) is 0 Å². The molecule has 0 saturated heterocycles. The fraction of sp³-hybridized carbons (Fsp3) is 0.654. The van der Waals surface area contributed by atoms with Gasteiger partial charge in [0.2, 0.25) is 5.91 Å². The van der Waals surface area contributed by atoms with Crippen molar-refractivity contribution in [2.45, 2.75) is 102 Å². The normalized spacial score (nSPS) is 15.8. The molecule has 6 heteroatoms. The van der Waals surface area contributed by atoms with Crippen molar-refractivity contribution in [3.05, 3.63) is 23.8 Å². The maximum absolute atomic E-state index is 12.5. The smallest absolute Gasteiger partial charge is 0.338 e. The number of nitrogens with one attached hydrogen (secondary N) is 1. The third-order valence-corrected chi connectivity index (χ3v) is 6.94. The second kappa shape index (κ2) is 13.0. The van der Waals surface area contributed by atoms with Crippen LogP contribution in [0, 0.1) is 5.41 Å². The van der Waals surface area contributed by atoms with Crippen LogP contribution >= 0.6 is 11.8 Å². The third kappa shape index (κ3) is 8.27. The summed E-state index contributed by atoms with van der Waals surface area (Å²) < 4.78 is 5.41. The molecule has 1 atom stereocenters. The molecule has 1 aliphatic heterocycles. The standard InChI is InChI=1S/C26H39NO4S/c1-5-6-7-8-9-10-11-12-13-14-17-31-25(30)19-15-16-21-20(18-19)27-24(29)22(32-21)23(28)26(2,3)4/h15-16,18,22H,5-14,17H2,1-4H3,(H,27,29). The number of Topliss-reactive ketones (excluding diaryl/α,β-unsaturated/α-hetero) is 1. The van der Waals surface area contributed by atoms with Crippen molar-refractivity contribution in [2.75, 3.05) is 11.9 Å². The zero-order chi connectivity index (χ0) is 23.6. The molecule has 0 aliphatic carbocycles. The molecule has 1 N–H and O–H groups in total. The fourth-order valence-corrected chi connectivity index (χ4v) is 4.90. The van der Waals surface area contributed by atoms with Crippen LogP contribution < -0.4 is 5.32 Å². The van der Waals surface area contributed by atoms with E-state index in [0.29, 0.717) is 17.9 Å². The maximum Gasteiger partial charge on any atom is 0.338 e. The van der Waals surface area contributed by atoms with Gasteiger partial charge in [0.05, 0.1) is 17.9 Å². The molecule has 1 amide bonds. The Labute approximate surface area is 197 Å². The molecule has 1 aliphatic rings. The molecule has 0 saturated carbocycles. The van der Waals surface area contributed by atoms with E-state index in [-0.39, 0.29) is 17.7 Å². The van der Waals surface area contributed by atoms with Crippen LogP contribution in [0.2, 0.25) is 0 Å². The largest absolute Gasteiger partial charge is 0.462 e. The highest BCUT2D eigenvalue weighted by Gasteiger charge is 2.38. The number of fused-ring (bicyclic) bond motifs is 1. The number of ketones is 1. The molecule has 32 heavy (non-hydrogen) atoms. The number of rotatable bonds is 13. The van der Waals surface area contributed by atoms with Gasteiger partial charge in [-0.15, -0.1) is 11.8 Å². The highest BCUT2D eigenvalue weighted by Crippen LogP contribution is 2.39. The van der Waals surface area contributed by atoms with E-state index >= 15 is 0 Å². The maximum atomic E-state index is 12.5. The molecule has 1 aromatic carbocycles. The number of amides is 1. The van der Waals surface area contributed by atoms with Crippen LogP contribution in [0.1, 0.15) is 102 Å². The summed E-state index contributed by atoms with van der Waals surface area (Å²) in [5.74, 6) is -0.820. The lowest BCUT2D eigenvalue weighted by Crippen LogP contribution is -2.41. The van der Waals surface area contributed by atoms with Crippen LogP contribution in [0.15, 0.2) is 23.1 Å². The van der Waals surface area contributed by atoms with Gasteiger partial charge in [-0.2, -0.15) is 0 Å². The molecule has 1 heterocycles. The average molecular weight is 462 g/mol. The molecule has 0 spiro atoms. The average Bonchev–Trinajstić information content (AvgIpc) is 2.75. The van der Waals surface area contributed by atoms with E-state index in [9.17, 15) is 14.4 Å². The Kier molecular flexibility index (Phi) is 10.8. The first-order chi connectivity index (χ1) is 15.2. The number of hydrogen-bond acceptors (Lipinski definition) is 5. The molecule has 1 aromatic rings. The number of benzene rings is 1. The second-order valence-corrected chi connectivity index (χ2v) is 10.8. The van der Waals surface area contributed by atoms with E-state index in [1.165, 1.54) is 63.1 Å². The van der Waals surface area contributed by atoms with E-state index in [4.69, 9.17) is 4.74 Å². The minimum Gasteiger partial charge on any atom is -0.462 e. The molecule has 0 radical (unpaired) electrons. The summed E-state index contributed by atoms with van der Waals surface area (Å²) in [6.45, 7) is 8.09. The van der Waals surface area contributed by atoms with Gasteiger partial charge in [0.25, 0.3) is 0 Å². The first-order valence-corrected chi connectivity index (χ1v) is 12.9. The lowest BCUT2D eigenvalue weighted by molar-refractivity contribution is -0.130. The van der Waals surface area contributed by atoms with Gasteiger partial charge in [0, 0.05) is 10.3 Å². The summed E-state index contributed by atoms with van der Waals surface area (Å²) in [7, 11) is 0. The van der Waals surface area contributed by atoms with Crippen LogP contribution in [0.5, 0.6) is 0 Å². The molecular weight excluding hydrogens is 422 g/mol.